The van der Waals surface area contributed by atoms with Crippen LogP contribution < -0.4 is 5.73 Å². The van der Waals surface area contributed by atoms with Crippen molar-refractivity contribution < 1.29 is 15.0 Å². The second-order valence-electron chi connectivity index (χ2n) is 3.42. The Hall–Kier alpha value is -1.39. The van der Waals surface area contributed by atoms with Gasteiger partial charge in [0.15, 0.2) is 0 Å². The number of benzene rings is 1. The zero-order valence-electron chi connectivity index (χ0n) is 8.39. The molecule has 4 nitrogen and oxygen atoms in total. The zero-order chi connectivity index (χ0) is 11.3. The molecule has 82 valence electrons. The molecule has 0 radical (unpaired) electrons. The average molecular weight is 209 g/mol. The maximum Gasteiger partial charge on any atom is 0.303 e. The zero-order valence-corrected chi connectivity index (χ0v) is 8.39. The highest BCUT2D eigenvalue weighted by Crippen LogP contribution is 2.12. The molecule has 15 heavy (non-hydrogen) atoms. The van der Waals surface area contributed by atoms with Gasteiger partial charge in [0.2, 0.25) is 0 Å². The molecule has 0 spiro atoms. The van der Waals surface area contributed by atoms with E-state index in [1.54, 1.807) is 0 Å². The van der Waals surface area contributed by atoms with E-state index in [0.29, 0.717) is 6.42 Å². The Balaban J connectivity index is 2.60. The van der Waals surface area contributed by atoms with Crippen LogP contribution in [0.2, 0.25) is 0 Å². The van der Waals surface area contributed by atoms with Gasteiger partial charge in [0.25, 0.3) is 0 Å². The smallest absolute Gasteiger partial charge is 0.303 e. The molecular formula is C11H15NO3. The number of nitrogens with two attached hydrogens (primary N) is 1. The van der Waals surface area contributed by atoms with Gasteiger partial charge < -0.3 is 15.9 Å². The lowest BCUT2D eigenvalue weighted by molar-refractivity contribution is -0.136. The number of carboxylic acid groups (broad SMARTS) is 1. The molecule has 0 aliphatic rings. The number of aliphatic carboxylic acids is 1. The van der Waals surface area contributed by atoms with E-state index in [9.17, 15) is 4.79 Å². The van der Waals surface area contributed by atoms with E-state index in [0.717, 1.165) is 11.1 Å². The van der Waals surface area contributed by atoms with Crippen LogP contribution in [-0.4, -0.2) is 22.8 Å². The molecule has 4 heteroatoms. The van der Waals surface area contributed by atoms with E-state index in [-0.39, 0.29) is 19.1 Å². The van der Waals surface area contributed by atoms with Crippen LogP contribution in [0.5, 0.6) is 0 Å². The van der Waals surface area contributed by atoms with E-state index in [1.165, 1.54) is 0 Å². The Bertz CT molecular complexity index is 321. The van der Waals surface area contributed by atoms with Crippen molar-refractivity contribution in [2.75, 3.05) is 6.61 Å². The Morgan fingerprint density at radius 3 is 2.40 bits per heavy atom. The summed E-state index contributed by atoms with van der Waals surface area (Å²) in [4.78, 5) is 10.3. The predicted molar refractivity (Wildman–Crippen MR) is 56.4 cm³/mol. The highest BCUT2D eigenvalue weighted by atomic mass is 16.4. The normalized spacial score (nSPS) is 12.4. The maximum absolute atomic E-state index is 10.3. The third-order valence-corrected chi connectivity index (χ3v) is 2.23. The third-order valence-electron chi connectivity index (χ3n) is 2.23. The molecule has 1 atom stereocenters. The molecule has 4 N–H and O–H groups in total. The minimum atomic E-state index is -0.800. The number of aliphatic hydroxyl groups is 1. The summed E-state index contributed by atoms with van der Waals surface area (Å²) in [6.45, 7) is -0.0888. The van der Waals surface area contributed by atoms with Gasteiger partial charge in [-0.2, -0.15) is 0 Å². The molecule has 1 aromatic rings. The second kappa shape index (κ2) is 5.48. The summed E-state index contributed by atoms with van der Waals surface area (Å²) >= 11 is 0. The fourth-order valence-electron chi connectivity index (χ4n) is 1.29. The fourth-order valence-corrected chi connectivity index (χ4v) is 1.29. The third kappa shape index (κ3) is 3.69. The molecule has 0 saturated heterocycles. The highest BCUT2D eigenvalue weighted by Gasteiger charge is 2.04. The number of hydrogen-bond donors (Lipinski definition) is 3. The molecule has 0 heterocycles. The summed E-state index contributed by atoms with van der Waals surface area (Å²) in [5.41, 5.74) is 7.44. The van der Waals surface area contributed by atoms with Gasteiger partial charge in [-0.1, -0.05) is 24.3 Å². The first-order valence-electron chi connectivity index (χ1n) is 4.80. The van der Waals surface area contributed by atoms with Crippen molar-refractivity contribution in [2.45, 2.75) is 18.9 Å². The molecule has 1 rings (SSSR count). The van der Waals surface area contributed by atoms with Gasteiger partial charge in [-0.25, -0.2) is 0 Å². The van der Waals surface area contributed by atoms with Crippen molar-refractivity contribution in [2.24, 2.45) is 5.73 Å². The lowest BCUT2D eigenvalue weighted by atomic mass is 10.0. The number of aryl methyl sites for hydroxylation is 1. The van der Waals surface area contributed by atoms with Crippen molar-refractivity contribution in [3.8, 4) is 0 Å². The van der Waals surface area contributed by atoms with Gasteiger partial charge in [-0.3, -0.25) is 4.79 Å². The number of carboxylic acids is 1. The maximum atomic E-state index is 10.3. The first kappa shape index (κ1) is 11.7. The van der Waals surface area contributed by atoms with E-state index < -0.39 is 5.97 Å². The SMILES string of the molecule is N[C@@H](CO)c1ccc(CCC(=O)O)cc1. The number of aliphatic hydroxyl groups excluding tert-OH is 1. The van der Waals surface area contributed by atoms with Crippen LogP contribution in [0.15, 0.2) is 24.3 Å². The Morgan fingerprint density at radius 1 is 1.33 bits per heavy atom. The Kier molecular flexibility index (Phi) is 4.27. The van der Waals surface area contributed by atoms with Crippen molar-refractivity contribution in [3.63, 3.8) is 0 Å². The lowest BCUT2D eigenvalue weighted by Crippen LogP contribution is -2.14. The molecule has 0 aliphatic heterocycles. The van der Waals surface area contributed by atoms with Crippen LogP contribution in [0.1, 0.15) is 23.6 Å². The molecule has 0 saturated carbocycles. The van der Waals surface area contributed by atoms with Crippen molar-refractivity contribution in [1.82, 2.24) is 0 Å². The fraction of sp³-hybridized carbons (Fsp3) is 0.364. The van der Waals surface area contributed by atoms with Crippen LogP contribution in [0.4, 0.5) is 0 Å². The van der Waals surface area contributed by atoms with Gasteiger partial charge >= 0.3 is 5.97 Å². The summed E-state index contributed by atoms with van der Waals surface area (Å²) in [6.07, 6.45) is 0.648. The van der Waals surface area contributed by atoms with Gasteiger partial charge in [0, 0.05) is 6.42 Å². The summed E-state index contributed by atoms with van der Waals surface area (Å²) in [5.74, 6) is -0.800. The summed E-state index contributed by atoms with van der Waals surface area (Å²) in [5, 5.41) is 17.3. The quantitative estimate of drug-likeness (QED) is 0.666. The van der Waals surface area contributed by atoms with Gasteiger partial charge in [-0.05, 0) is 17.5 Å². The topological polar surface area (TPSA) is 83.5 Å². The molecule has 0 bridgehead atoms. The Labute approximate surface area is 88.3 Å². The summed E-state index contributed by atoms with van der Waals surface area (Å²) < 4.78 is 0. The monoisotopic (exact) mass is 209 g/mol. The molecule has 0 aliphatic carbocycles. The standard InChI is InChI=1S/C11H15NO3/c12-10(7-13)9-4-1-8(2-5-9)3-6-11(14)15/h1-2,4-5,10,13H,3,6-7,12H2,(H,14,15)/t10-/m0/s1. The minimum absolute atomic E-state index is 0.0888. The molecule has 0 aromatic heterocycles. The molecular weight excluding hydrogens is 194 g/mol. The number of carbonyl (C=O) groups is 1. The number of hydrogen-bond acceptors (Lipinski definition) is 3. The van der Waals surface area contributed by atoms with Crippen LogP contribution in [0, 0.1) is 0 Å². The summed E-state index contributed by atoms with van der Waals surface area (Å²) in [6, 6.07) is 6.95. The van der Waals surface area contributed by atoms with Crippen molar-refractivity contribution >= 4 is 5.97 Å². The summed E-state index contributed by atoms with van der Waals surface area (Å²) in [7, 11) is 0. The Morgan fingerprint density at radius 2 is 1.93 bits per heavy atom. The average Bonchev–Trinajstić information content (AvgIpc) is 2.26. The van der Waals surface area contributed by atoms with Gasteiger partial charge in [0.05, 0.1) is 12.6 Å². The minimum Gasteiger partial charge on any atom is -0.481 e. The van der Waals surface area contributed by atoms with Crippen LogP contribution in [0.25, 0.3) is 0 Å². The lowest BCUT2D eigenvalue weighted by Gasteiger charge is -2.08. The first-order chi connectivity index (χ1) is 7.13. The molecule has 1 aromatic carbocycles. The van der Waals surface area contributed by atoms with E-state index in [2.05, 4.69) is 0 Å². The van der Waals surface area contributed by atoms with Crippen molar-refractivity contribution in [1.29, 1.82) is 0 Å². The molecule has 0 fully saturated rings. The highest BCUT2D eigenvalue weighted by molar-refractivity contribution is 5.67. The van der Waals surface area contributed by atoms with Crippen LogP contribution >= 0.6 is 0 Å². The van der Waals surface area contributed by atoms with Crippen LogP contribution in [-0.2, 0) is 11.2 Å². The largest absolute Gasteiger partial charge is 0.481 e. The van der Waals surface area contributed by atoms with E-state index >= 15 is 0 Å². The van der Waals surface area contributed by atoms with Crippen molar-refractivity contribution in [3.05, 3.63) is 35.4 Å². The molecule has 0 amide bonds. The predicted octanol–water partition coefficient (Wildman–Crippen LogP) is 0.696. The van der Waals surface area contributed by atoms with Gasteiger partial charge in [0.1, 0.15) is 0 Å². The number of rotatable bonds is 5. The molecule has 0 unspecified atom stereocenters. The van der Waals surface area contributed by atoms with Gasteiger partial charge in [-0.15, -0.1) is 0 Å². The van der Waals surface area contributed by atoms with E-state index in [1.807, 2.05) is 24.3 Å². The van der Waals surface area contributed by atoms with Crippen LogP contribution in [0.3, 0.4) is 0 Å². The van der Waals surface area contributed by atoms with E-state index in [4.69, 9.17) is 15.9 Å². The first-order valence-corrected chi connectivity index (χ1v) is 4.80. The second-order valence-corrected chi connectivity index (χ2v) is 3.42.